The van der Waals surface area contributed by atoms with Gasteiger partial charge in [0.25, 0.3) is 5.91 Å². The third kappa shape index (κ3) is 3.66. The van der Waals surface area contributed by atoms with Gasteiger partial charge in [0.2, 0.25) is 0 Å². The Morgan fingerprint density at radius 2 is 1.72 bits per heavy atom. The first-order valence-corrected chi connectivity index (χ1v) is 9.49. The van der Waals surface area contributed by atoms with Gasteiger partial charge in [-0.2, -0.15) is 5.26 Å². The monoisotopic (exact) mass is 338 g/mol. The first-order chi connectivity index (χ1) is 12.1. The summed E-state index contributed by atoms with van der Waals surface area (Å²) in [5.74, 6) is 3.37. The van der Waals surface area contributed by atoms with Crippen LogP contribution in [0.4, 0.5) is 0 Å². The molecule has 0 aromatic heterocycles. The molecule has 0 spiro atoms. The van der Waals surface area contributed by atoms with E-state index in [9.17, 15) is 4.79 Å². The number of benzene rings is 1. The van der Waals surface area contributed by atoms with E-state index in [0.717, 1.165) is 29.9 Å². The van der Waals surface area contributed by atoms with E-state index in [1.165, 1.54) is 38.5 Å². The predicted octanol–water partition coefficient (Wildman–Crippen LogP) is 3.46. The summed E-state index contributed by atoms with van der Waals surface area (Å²) in [6, 6.07) is 9.49. The number of carbonyl (C=O) groups is 1. The van der Waals surface area contributed by atoms with Crippen LogP contribution in [0.3, 0.4) is 0 Å². The molecule has 0 saturated heterocycles. The Labute approximate surface area is 149 Å². The topological polar surface area (TPSA) is 62.1 Å². The van der Waals surface area contributed by atoms with E-state index >= 15 is 0 Å². The molecule has 0 aliphatic heterocycles. The van der Waals surface area contributed by atoms with Crippen molar-refractivity contribution in [1.29, 1.82) is 5.26 Å². The largest absolute Gasteiger partial charge is 0.484 e. The molecule has 1 amide bonds. The Balaban J connectivity index is 1.25. The van der Waals surface area contributed by atoms with Crippen LogP contribution >= 0.6 is 0 Å². The molecular weight excluding hydrogens is 312 g/mol. The van der Waals surface area contributed by atoms with Gasteiger partial charge in [-0.1, -0.05) is 12.1 Å². The minimum atomic E-state index is -0.0307. The highest BCUT2D eigenvalue weighted by Crippen LogP contribution is 2.59. The number of nitrogens with one attached hydrogen (secondary N) is 1. The Morgan fingerprint density at radius 3 is 2.28 bits per heavy atom. The Kier molecular flexibility index (Phi) is 4.41. The van der Waals surface area contributed by atoms with Gasteiger partial charge in [-0.05, 0) is 79.4 Å². The molecule has 4 saturated carbocycles. The highest BCUT2D eigenvalue weighted by molar-refractivity contribution is 5.77. The summed E-state index contributed by atoms with van der Waals surface area (Å²) < 4.78 is 5.58. The zero-order chi connectivity index (χ0) is 17.3. The first kappa shape index (κ1) is 16.4. The number of carbonyl (C=O) groups excluding carboxylic acids is 1. The maximum absolute atomic E-state index is 12.2. The van der Waals surface area contributed by atoms with Crippen molar-refractivity contribution < 1.29 is 9.53 Å². The molecule has 1 N–H and O–H groups in total. The average Bonchev–Trinajstić information content (AvgIpc) is 2.59. The number of hydrogen-bond acceptors (Lipinski definition) is 3. The number of hydrogen-bond donors (Lipinski definition) is 1. The van der Waals surface area contributed by atoms with E-state index in [2.05, 4.69) is 11.4 Å². The molecule has 4 aliphatic carbocycles. The van der Waals surface area contributed by atoms with Gasteiger partial charge in [0.05, 0.1) is 12.5 Å². The van der Waals surface area contributed by atoms with Gasteiger partial charge in [0.1, 0.15) is 5.75 Å². The maximum Gasteiger partial charge on any atom is 0.257 e. The maximum atomic E-state index is 12.2. The van der Waals surface area contributed by atoms with Gasteiger partial charge in [-0.15, -0.1) is 0 Å². The third-order valence-corrected chi connectivity index (χ3v) is 6.40. The zero-order valence-corrected chi connectivity index (χ0v) is 14.7. The molecule has 4 nitrogen and oxygen atoms in total. The lowest BCUT2D eigenvalue weighted by molar-refractivity contribution is -0.125. The number of nitrogens with zero attached hydrogens (tertiary/aromatic N) is 1. The fourth-order valence-corrected chi connectivity index (χ4v) is 5.79. The SMILES string of the molecule is N#CCc1ccc(OCC(=O)NCC23CC4CC(CC(C4)C2)C3)cc1. The van der Waals surface area contributed by atoms with Crippen LogP contribution in [0, 0.1) is 34.5 Å². The van der Waals surface area contributed by atoms with Crippen LogP contribution in [0.1, 0.15) is 44.1 Å². The van der Waals surface area contributed by atoms with Crippen LogP contribution in [-0.4, -0.2) is 19.1 Å². The molecule has 0 heterocycles. The van der Waals surface area contributed by atoms with Gasteiger partial charge in [0, 0.05) is 6.54 Å². The fourth-order valence-electron chi connectivity index (χ4n) is 5.79. The van der Waals surface area contributed by atoms with E-state index in [1.807, 2.05) is 24.3 Å². The lowest BCUT2D eigenvalue weighted by Crippen LogP contribution is -2.51. The standard InChI is InChI=1S/C21H26N2O2/c22-6-5-15-1-3-19(4-2-15)25-13-20(24)23-14-21-10-16-7-17(11-21)9-18(8-16)12-21/h1-4,16-18H,5,7-14H2,(H,23,24). The van der Waals surface area contributed by atoms with Crippen LogP contribution in [-0.2, 0) is 11.2 Å². The summed E-state index contributed by atoms with van der Waals surface area (Å²) in [6.07, 6.45) is 8.60. The molecule has 5 rings (SSSR count). The molecule has 25 heavy (non-hydrogen) atoms. The minimum absolute atomic E-state index is 0.0307. The molecule has 1 aromatic rings. The Hall–Kier alpha value is -2.02. The van der Waals surface area contributed by atoms with Gasteiger partial charge in [-0.3, -0.25) is 4.79 Å². The second kappa shape index (κ2) is 6.71. The normalized spacial score (nSPS) is 32.2. The van der Waals surface area contributed by atoms with Crippen LogP contribution in [0.5, 0.6) is 5.75 Å². The van der Waals surface area contributed by atoms with Gasteiger partial charge in [0.15, 0.2) is 6.61 Å². The number of nitriles is 1. The van der Waals surface area contributed by atoms with Crippen LogP contribution in [0.2, 0.25) is 0 Å². The Morgan fingerprint density at radius 1 is 1.12 bits per heavy atom. The van der Waals surface area contributed by atoms with Crippen molar-refractivity contribution in [3.05, 3.63) is 29.8 Å². The second-order valence-electron chi connectivity index (χ2n) is 8.46. The number of amides is 1. The van der Waals surface area contributed by atoms with Crippen molar-refractivity contribution in [2.24, 2.45) is 23.2 Å². The van der Waals surface area contributed by atoms with E-state index in [-0.39, 0.29) is 12.5 Å². The highest BCUT2D eigenvalue weighted by Gasteiger charge is 2.50. The summed E-state index contributed by atoms with van der Waals surface area (Å²) in [4.78, 5) is 12.2. The lowest BCUT2D eigenvalue weighted by Gasteiger charge is -2.56. The quantitative estimate of drug-likeness (QED) is 0.864. The van der Waals surface area contributed by atoms with Crippen LogP contribution in [0.15, 0.2) is 24.3 Å². The van der Waals surface area contributed by atoms with E-state index < -0.39 is 0 Å². The molecule has 0 atom stereocenters. The van der Waals surface area contributed by atoms with E-state index in [0.29, 0.717) is 17.6 Å². The lowest BCUT2D eigenvalue weighted by atomic mass is 9.49. The third-order valence-electron chi connectivity index (χ3n) is 6.40. The second-order valence-corrected chi connectivity index (χ2v) is 8.46. The zero-order valence-electron chi connectivity index (χ0n) is 14.7. The van der Waals surface area contributed by atoms with Crippen LogP contribution < -0.4 is 10.1 Å². The molecule has 4 aliphatic rings. The van der Waals surface area contributed by atoms with E-state index in [4.69, 9.17) is 10.00 Å². The van der Waals surface area contributed by atoms with Crippen molar-refractivity contribution >= 4 is 5.91 Å². The van der Waals surface area contributed by atoms with Crippen molar-refractivity contribution in [2.45, 2.75) is 44.9 Å². The number of rotatable bonds is 6. The summed E-state index contributed by atoms with van der Waals surface area (Å²) in [5, 5.41) is 11.8. The molecule has 0 radical (unpaired) electrons. The summed E-state index contributed by atoms with van der Waals surface area (Å²) in [7, 11) is 0. The first-order valence-electron chi connectivity index (χ1n) is 9.49. The van der Waals surface area contributed by atoms with Crippen molar-refractivity contribution in [3.8, 4) is 11.8 Å². The fraction of sp³-hybridized carbons (Fsp3) is 0.619. The average molecular weight is 338 g/mol. The molecule has 132 valence electrons. The minimum Gasteiger partial charge on any atom is -0.484 e. The Bertz CT molecular complexity index is 639. The molecule has 4 bridgehead atoms. The summed E-state index contributed by atoms with van der Waals surface area (Å²) in [6.45, 7) is 0.879. The summed E-state index contributed by atoms with van der Waals surface area (Å²) >= 11 is 0. The molecule has 1 aromatic carbocycles. The molecular formula is C21H26N2O2. The number of ether oxygens (including phenoxy) is 1. The highest BCUT2D eigenvalue weighted by atomic mass is 16.5. The van der Waals surface area contributed by atoms with Crippen molar-refractivity contribution in [2.75, 3.05) is 13.2 Å². The van der Waals surface area contributed by atoms with Crippen LogP contribution in [0.25, 0.3) is 0 Å². The van der Waals surface area contributed by atoms with Gasteiger partial charge in [-0.25, -0.2) is 0 Å². The van der Waals surface area contributed by atoms with Crippen molar-refractivity contribution in [3.63, 3.8) is 0 Å². The summed E-state index contributed by atoms with van der Waals surface area (Å²) in [5.41, 5.74) is 1.32. The van der Waals surface area contributed by atoms with Gasteiger partial charge >= 0.3 is 0 Å². The molecule has 4 heteroatoms. The molecule has 0 unspecified atom stereocenters. The van der Waals surface area contributed by atoms with Gasteiger partial charge < -0.3 is 10.1 Å². The van der Waals surface area contributed by atoms with E-state index in [1.54, 1.807) is 0 Å². The predicted molar refractivity (Wildman–Crippen MR) is 94.9 cm³/mol. The smallest absolute Gasteiger partial charge is 0.257 e. The molecule has 4 fully saturated rings. The van der Waals surface area contributed by atoms with Crippen molar-refractivity contribution in [1.82, 2.24) is 5.32 Å².